The van der Waals surface area contributed by atoms with Gasteiger partial charge in [-0.25, -0.2) is 4.79 Å². The van der Waals surface area contributed by atoms with E-state index in [9.17, 15) is 19.2 Å². The molecule has 1 fully saturated rings. The Morgan fingerprint density at radius 1 is 1.11 bits per heavy atom. The van der Waals surface area contributed by atoms with Crippen LogP contribution in [0.25, 0.3) is 0 Å². The van der Waals surface area contributed by atoms with Crippen LogP contribution in [0, 0.1) is 5.92 Å². The van der Waals surface area contributed by atoms with Crippen molar-refractivity contribution in [1.82, 2.24) is 15.5 Å². The molecule has 1 atom stereocenters. The first-order chi connectivity index (χ1) is 22.3. The number of hydrogen-bond acceptors (Lipinski definition) is 8. The van der Waals surface area contributed by atoms with Crippen molar-refractivity contribution in [2.24, 2.45) is 5.92 Å². The van der Waals surface area contributed by atoms with Crippen LogP contribution >= 0.6 is 11.6 Å². The van der Waals surface area contributed by atoms with E-state index in [0.717, 1.165) is 29.7 Å². The first-order valence-corrected chi connectivity index (χ1v) is 16.1. The van der Waals surface area contributed by atoms with Crippen molar-refractivity contribution in [2.45, 2.75) is 84.4 Å². The zero-order valence-corrected chi connectivity index (χ0v) is 28.7. The Labute approximate surface area is 281 Å². The lowest BCUT2D eigenvalue weighted by Crippen LogP contribution is -2.52. The van der Waals surface area contributed by atoms with Gasteiger partial charge in [0.2, 0.25) is 11.8 Å². The van der Waals surface area contributed by atoms with Crippen LogP contribution in [-0.4, -0.2) is 79.1 Å². The number of benzene rings is 2. The Kier molecular flexibility index (Phi) is 14.2. The molecule has 0 saturated carbocycles. The first kappa shape index (κ1) is 37.9. The number of fused-ring (bicyclic) bond motifs is 1. The van der Waals surface area contributed by atoms with E-state index in [1.807, 2.05) is 19.9 Å². The maximum absolute atomic E-state index is 12.8. The second-order valence-corrected chi connectivity index (χ2v) is 12.9. The highest BCUT2D eigenvalue weighted by Crippen LogP contribution is 2.28. The number of ether oxygens (including phenoxy) is 3. The van der Waals surface area contributed by atoms with Crippen molar-refractivity contribution in [1.29, 1.82) is 0 Å². The molecule has 2 aromatic carbocycles. The third kappa shape index (κ3) is 11.0. The van der Waals surface area contributed by atoms with Crippen molar-refractivity contribution in [3.05, 3.63) is 63.7 Å². The maximum Gasteiger partial charge on any atom is 0.319 e. The van der Waals surface area contributed by atoms with E-state index in [2.05, 4.69) is 29.8 Å². The van der Waals surface area contributed by atoms with Gasteiger partial charge >= 0.3 is 6.03 Å². The third-order valence-corrected chi connectivity index (χ3v) is 8.04. The molecule has 2 aliphatic heterocycles. The van der Waals surface area contributed by atoms with E-state index in [-0.39, 0.29) is 44.2 Å². The van der Waals surface area contributed by atoms with Gasteiger partial charge in [-0.3, -0.25) is 19.7 Å². The minimum absolute atomic E-state index is 0.0201. The lowest BCUT2D eigenvalue weighted by molar-refractivity contribution is -0.221. The zero-order chi connectivity index (χ0) is 34.7. The van der Waals surface area contributed by atoms with Crippen molar-refractivity contribution in [3.63, 3.8) is 0 Å². The number of nitrogens with zero attached hydrogens (tertiary/aromatic N) is 1. The van der Waals surface area contributed by atoms with E-state index < -0.39 is 23.6 Å². The molecule has 258 valence electrons. The molecule has 0 radical (unpaired) electrons. The van der Waals surface area contributed by atoms with Gasteiger partial charge in [0.25, 0.3) is 5.91 Å². The minimum Gasteiger partial charge on any atom is -0.396 e. The Morgan fingerprint density at radius 3 is 2.47 bits per heavy atom. The number of urea groups is 1. The van der Waals surface area contributed by atoms with Crippen LogP contribution in [0.1, 0.15) is 74.0 Å². The van der Waals surface area contributed by atoms with Crippen molar-refractivity contribution >= 4 is 41.0 Å². The summed E-state index contributed by atoms with van der Waals surface area (Å²) < 4.78 is 16.1. The second-order valence-electron chi connectivity index (χ2n) is 12.5. The van der Waals surface area contributed by atoms with Crippen LogP contribution in [0.4, 0.5) is 10.5 Å². The Hall–Kier alpha value is -3.55. The Bertz CT molecular complexity index is 1410. The summed E-state index contributed by atoms with van der Waals surface area (Å²) in [5.74, 6) is -0.352. The molecule has 0 bridgehead atoms. The second kappa shape index (κ2) is 17.6. The van der Waals surface area contributed by atoms with E-state index in [1.54, 1.807) is 44.6 Å². The van der Waals surface area contributed by atoms with Crippen molar-refractivity contribution in [2.75, 3.05) is 32.8 Å². The monoisotopic (exact) mass is 674 g/mol. The van der Waals surface area contributed by atoms with Gasteiger partial charge in [0.05, 0.1) is 0 Å². The molecule has 2 aliphatic rings. The number of nitrogens with one attached hydrogen (secondary N) is 3. The predicted octanol–water partition coefficient (Wildman–Crippen LogP) is 4.40. The van der Waals surface area contributed by atoms with E-state index in [0.29, 0.717) is 35.0 Å². The highest BCUT2D eigenvalue weighted by atomic mass is 35.5. The summed E-state index contributed by atoms with van der Waals surface area (Å²) in [5, 5.41) is 17.3. The van der Waals surface area contributed by atoms with Gasteiger partial charge in [-0.2, -0.15) is 0 Å². The highest BCUT2D eigenvalue weighted by molar-refractivity contribution is 6.31. The van der Waals surface area contributed by atoms with Crippen molar-refractivity contribution < 1.29 is 38.5 Å². The fourth-order valence-corrected chi connectivity index (χ4v) is 5.64. The Morgan fingerprint density at radius 2 is 1.83 bits per heavy atom. The molecule has 0 spiro atoms. The number of anilines is 1. The summed E-state index contributed by atoms with van der Waals surface area (Å²) in [4.78, 5) is 50.1. The standard InChI is InChI=1S/C23H23ClN4O5.C11H24O3/c24-16-8-13(5-6-29)9-17(10-16)26-23(33)25-11-14-1-2-18-15(7-14)12-28(22(18)32)19-3-4-20(30)27-21(19)31;1-9(2)7-8-14-11(3,4)10(12-5)13-6/h1-2,7-10,19,29H,3-6,11-12H2,(H2,25,26,33)(H,27,30,31);9-10H,7-8H2,1-6H3. The summed E-state index contributed by atoms with van der Waals surface area (Å²) in [6.07, 6.45) is 1.69. The molecule has 13 heteroatoms. The number of imide groups is 1. The lowest BCUT2D eigenvalue weighted by Gasteiger charge is -2.32. The topological polar surface area (TPSA) is 156 Å². The van der Waals surface area contributed by atoms with Crippen LogP contribution < -0.4 is 16.0 Å². The molecule has 5 amide bonds. The molecular weight excluding hydrogens is 628 g/mol. The molecule has 1 saturated heterocycles. The summed E-state index contributed by atoms with van der Waals surface area (Å²) in [5.41, 5.74) is 3.02. The minimum atomic E-state index is -0.664. The number of carbonyl (C=O) groups is 4. The average molecular weight is 675 g/mol. The van der Waals surface area contributed by atoms with Gasteiger partial charge in [0.1, 0.15) is 11.6 Å². The van der Waals surface area contributed by atoms with Crippen LogP contribution in [0.2, 0.25) is 5.02 Å². The van der Waals surface area contributed by atoms with Gasteiger partial charge in [-0.05, 0) is 80.0 Å². The number of hydrogen-bond donors (Lipinski definition) is 4. The van der Waals surface area contributed by atoms with Crippen molar-refractivity contribution in [3.8, 4) is 0 Å². The van der Waals surface area contributed by atoms with E-state index in [1.165, 1.54) is 4.90 Å². The largest absolute Gasteiger partial charge is 0.396 e. The van der Waals surface area contributed by atoms with Crippen LogP contribution in [0.15, 0.2) is 36.4 Å². The number of methoxy groups -OCH3 is 2. The molecule has 4 N–H and O–H groups in total. The third-order valence-electron chi connectivity index (χ3n) is 7.82. The number of aliphatic hydroxyl groups excluding tert-OH is 1. The van der Waals surface area contributed by atoms with E-state index >= 15 is 0 Å². The van der Waals surface area contributed by atoms with Crippen LogP contribution in [-0.2, 0) is 43.3 Å². The number of amides is 5. The number of aliphatic hydroxyl groups is 1. The molecule has 2 aromatic rings. The zero-order valence-electron chi connectivity index (χ0n) is 28.0. The van der Waals surface area contributed by atoms with Crippen LogP contribution in [0.5, 0.6) is 0 Å². The summed E-state index contributed by atoms with van der Waals surface area (Å²) in [7, 11) is 3.25. The van der Waals surface area contributed by atoms with E-state index in [4.69, 9.17) is 30.9 Å². The molecule has 0 aromatic heterocycles. The quantitative estimate of drug-likeness (QED) is 0.180. The summed E-state index contributed by atoms with van der Waals surface area (Å²) in [6, 6.07) is 9.28. The normalized spacial score (nSPS) is 16.2. The smallest absolute Gasteiger partial charge is 0.319 e. The molecule has 47 heavy (non-hydrogen) atoms. The highest BCUT2D eigenvalue weighted by Gasteiger charge is 2.39. The molecule has 4 rings (SSSR count). The summed E-state index contributed by atoms with van der Waals surface area (Å²) in [6.45, 7) is 9.55. The fourth-order valence-electron chi connectivity index (χ4n) is 5.38. The average Bonchev–Trinajstić information content (AvgIpc) is 3.31. The number of carbonyl (C=O) groups excluding carboxylic acids is 4. The maximum atomic E-state index is 12.8. The van der Waals surface area contributed by atoms with Gasteiger partial charge in [0.15, 0.2) is 6.29 Å². The van der Waals surface area contributed by atoms with Gasteiger partial charge in [-0.1, -0.05) is 37.6 Å². The molecule has 2 heterocycles. The van der Waals surface area contributed by atoms with Gasteiger partial charge in [0, 0.05) is 63.2 Å². The molecular formula is C34H47ClN4O8. The SMILES string of the molecule is COC(OC)C(C)(C)OCCC(C)C.O=C1CCC(N2Cc3cc(CNC(=O)Nc4cc(Cl)cc(CCO)c4)ccc3C2=O)C(=O)N1. The summed E-state index contributed by atoms with van der Waals surface area (Å²) >= 11 is 6.07. The first-order valence-electron chi connectivity index (χ1n) is 15.7. The molecule has 0 aliphatic carbocycles. The predicted molar refractivity (Wildman–Crippen MR) is 178 cm³/mol. The van der Waals surface area contributed by atoms with Crippen LogP contribution in [0.3, 0.4) is 0 Å². The Balaban J connectivity index is 0.000000363. The molecule has 1 unspecified atom stereocenters. The van der Waals surface area contributed by atoms with Gasteiger partial charge < -0.3 is 34.9 Å². The number of piperidine rings is 1. The number of rotatable bonds is 13. The molecule has 12 nitrogen and oxygen atoms in total. The fraction of sp³-hybridized carbons (Fsp3) is 0.529. The lowest BCUT2D eigenvalue weighted by atomic mass is 10.0. The number of halogens is 1. The van der Waals surface area contributed by atoms with Gasteiger partial charge in [-0.15, -0.1) is 0 Å².